The van der Waals surface area contributed by atoms with E-state index >= 15 is 0 Å². The fourth-order valence-electron chi connectivity index (χ4n) is 1.52. The molecule has 2 rings (SSSR count). The molecular formula is C12H15N5. The number of rotatable bonds is 4. The van der Waals surface area contributed by atoms with Crippen LogP contribution >= 0.6 is 0 Å². The fourth-order valence-corrected chi connectivity index (χ4v) is 1.52. The van der Waals surface area contributed by atoms with Crippen LogP contribution in [0.4, 0.5) is 5.95 Å². The van der Waals surface area contributed by atoms with Gasteiger partial charge in [0.25, 0.3) is 0 Å². The Morgan fingerprint density at radius 3 is 2.88 bits per heavy atom. The van der Waals surface area contributed by atoms with E-state index in [4.69, 9.17) is 5.73 Å². The van der Waals surface area contributed by atoms with Crippen LogP contribution in [0.2, 0.25) is 0 Å². The van der Waals surface area contributed by atoms with E-state index in [0.717, 1.165) is 17.8 Å². The van der Waals surface area contributed by atoms with Crippen LogP contribution in [0.3, 0.4) is 0 Å². The van der Waals surface area contributed by atoms with E-state index < -0.39 is 0 Å². The summed E-state index contributed by atoms with van der Waals surface area (Å²) in [6, 6.07) is 5.76. The van der Waals surface area contributed by atoms with E-state index in [1.54, 1.807) is 12.4 Å². The van der Waals surface area contributed by atoms with Gasteiger partial charge in [-0.3, -0.25) is 4.98 Å². The van der Waals surface area contributed by atoms with Crippen LogP contribution in [-0.4, -0.2) is 22.0 Å². The van der Waals surface area contributed by atoms with Crippen LogP contribution in [-0.2, 0) is 13.1 Å². The monoisotopic (exact) mass is 229 g/mol. The molecule has 0 fully saturated rings. The van der Waals surface area contributed by atoms with Crippen molar-refractivity contribution < 1.29 is 0 Å². The van der Waals surface area contributed by atoms with Gasteiger partial charge in [-0.2, -0.15) is 0 Å². The molecule has 0 radical (unpaired) electrons. The van der Waals surface area contributed by atoms with Gasteiger partial charge in [-0.25, -0.2) is 9.97 Å². The summed E-state index contributed by atoms with van der Waals surface area (Å²) in [5.41, 5.74) is 7.52. The third kappa shape index (κ3) is 2.98. The van der Waals surface area contributed by atoms with Crippen LogP contribution in [0.5, 0.6) is 0 Å². The van der Waals surface area contributed by atoms with Gasteiger partial charge in [-0.15, -0.1) is 0 Å². The number of nitrogens with two attached hydrogens (primary N) is 1. The van der Waals surface area contributed by atoms with Gasteiger partial charge in [0, 0.05) is 38.7 Å². The van der Waals surface area contributed by atoms with Gasteiger partial charge in [0.05, 0.1) is 5.69 Å². The van der Waals surface area contributed by atoms with Crippen LogP contribution in [0.1, 0.15) is 11.3 Å². The van der Waals surface area contributed by atoms with E-state index in [1.807, 2.05) is 36.3 Å². The lowest BCUT2D eigenvalue weighted by molar-refractivity contribution is 0.842. The summed E-state index contributed by atoms with van der Waals surface area (Å²) in [6.07, 6.45) is 5.32. The summed E-state index contributed by atoms with van der Waals surface area (Å²) in [5.74, 6) is 0.678. The van der Waals surface area contributed by atoms with Crippen LogP contribution < -0.4 is 10.6 Å². The summed E-state index contributed by atoms with van der Waals surface area (Å²) < 4.78 is 0. The van der Waals surface area contributed by atoms with Gasteiger partial charge < -0.3 is 10.6 Å². The molecule has 0 spiro atoms. The number of hydrogen-bond donors (Lipinski definition) is 1. The molecule has 5 heteroatoms. The van der Waals surface area contributed by atoms with Crippen LogP contribution in [0.15, 0.2) is 36.8 Å². The zero-order valence-corrected chi connectivity index (χ0v) is 9.74. The summed E-state index contributed by atoms with van der Waals surface area (Å²) in [6.45, 7) is 1.15. The van der Waals surface area contributed by atoms with Crippen molar-refractivity contribution in [1.82, 2.24) is 15.0 Å². The van der Waals surface area contributed by atoms with E-state index in [9.17, 15) is 0 Å². The Labute approximate surface area is 100 Å². The highest BCUT2D eigenvalue weighted by Crippen LogP contribution is 2.09. The molecule has 0 aliphatic heterocycles. The molecule has 5 nitrogen and oxygen atoms in total. The first kappa shape index (κ1) is 11.5. The molecule has 2 aromatic heterocycles. The molecule has 0 unspecified atom stereocenters. The summed E-state index contributed by atoms with van der Waals surface area (Å²) >= 11 is 0. The normalized spacial score (nSPS) is 10.2. The van der Waals surface area contributed by atoms with Crippen molar-refractivity contribution in [3.63, 3.8) is 0 Å². The zero-order valence-electron chi connectivity index (χ0n) is 9.74. The Morgan fingerprint density at radius 1 is 1.29 bits per heavy atom. The first-order valence-corrected chi connectivity index (χ1v) is 5.41. The first-order chi connectivity index (χ1) is 8.29. The third-order valence-electron chi connectivity index (χ3n) is 2.39. The standard InChI is InChI=1S/C12H15N5/c1-17(9-10-3-2-5-14-8-10)12-15-6-4-11(7-13)16-12/h2-6,8H,7,9,13H2,1H3. The topological polar surface area (TPSA) is 67.9 Å². The highest BCUT2D eigenvalue weighted by Gasteiger charge is 2.05. The van der Waals surface area contributed by atoms with Crippen molar-refractivity contribution in [2.75, 3.05) is 11.9 Å². The minimum Gasteiger partial charge on any atom is -0.339 e. The summed E-state index contributed by atoms with van der Waals surface area (Å²) in [4.78, 5) is 14.6. The maximum Gasteiger partial charge on any atom is 0.225 e. The molecule has 0 aromatic carbocycles. The van der Waals surface area contributed by atoms with Crippen molar-refractivity contribution in [2.45, 2.75) is 13.1 Å². The highest BCUT2D eigenvalue weighted by atomic mass is 15.2. The van der Waals surface area contributed by atoms with E-state index in [0.29, 0.717) is 12.5 Å². The van der Waals surface area contributed by atoms with Crippen molar-refractivity contribution >= 4 is 5.95 Å². The zero-order chi connectivity index (χ0) is 12.1. The fraction of sp³-hybridized carbons (Fsp3) is 0.250. The lowest BCUT2D eigenvalue weighted by Gasteiger charge is -2.17. The Bertz CT molecular complexity index is 471. The highest BCUT2D eigenvalue weighted by molar-refractivity contribution is 5.30. The van der Waals surface area contributed by atoms with E-state index in [1.165, 1.54) is 0 Å². The minimum absolute atomic E-state index is 0.427. The van der Waals surface area contributed by atoms with Crippen LogP contribution in [0.25, 0.3) is 0 Å². The molecule has 2 heterocycles. The molecule has 0 aliphatic rings. The molecule has 0 aliphatic carbocycles. The average Bonchev–Trinajstić information content (AvgIpc) is 2.40. The predicted octanol–water partition coefficient (Wildman–Crippen LogP) is 0.967. The maximum atomic E-state index is 5.55. The molecule has 0 atom stereocenters. The predicted molar refractivity (Wildman–Crippen MR) is 66.3 cm³/mol. The molecule has 0 amide bonds. The van der Waals surface area contributed by atoms with E-state index in [2.05, 4.69) is 15.0 Å². The molecule has 17 heavy (non-hydrogen) atoms. The molecule has 0 saturated heterocycles. The second kappa shape index (κ2) is 5.36. The third-order valence-corrected chi connectivity index (χ3v) is 2.39. The van der Waals surface area contributed by atoms with Gasteiger partial charge >= 0.3 is 0 Å². The smallest absolute Gasteiger partial charge is 0.225 e. The van der Waals surface area contributed by atoms with Crippen molar-refractivity contribution in [1.29, 1.82) is 0 Å². The number of anilines is 1. The van der Waals surface area contributed by atoms with Gasteiger partial charge in [-0.1, -0.05) is 6.07 Å². The minimum atomic E-state index is 0.427. The van der Waals surface area contributed by atoms with Crippen LogP contribution in [0, 0.1) is 0 Å². The molecule has 0 bridgehead atoms. The van der Waals surface area contributed by atoms with Gasteiger partial charge in [0.15, 0.2) is 0 Å². The SMILES string of the molecule is CN(Cc1cccnc1)c1nccc(CN)n1. The molecule has 88 valence electrons. The van der Waals surface area contributed by atoms with Crippen molar-refractivity contribution in [3.05, 3.63) is 48.0 Å². The average molecular weight is 229 g/mol. The Hall–Kier alpha value is -2.01. The summed E-state index contributed by atoms with van der Waals surface area (Å²) in [5, 5.41) is 0. The van der Waals surface area contributed by atoms with E-state index in [-0.39, 0.29) is 0 Å². The molecular weight excluding hydrogens is 214 g/mol. The molecule has 2 N–H and O–H groups in total. The lowest BCUT2D eigenvalue weighted by atomic mass is 10.3. The van der Waals surface area contributed by atoms with Crippen molar-refractivity contribution in [2.24, 2.45) is 5.73 Å². The molecule has 0 saturated carbocycles. The quantitative estimate of drug-likeness (QED) is 0.846. The Kier molecular flexibility index (Phi) is 3.62. The second-order valence-electron chi connectivity index (χ2n) is 3.77. The second-order valence-corrected chi connectivity index (χ2v) is 3.77. The largest absolute Gasteiger partial charge is 0.339 e. The first-order valence-electron chi connectivity index (χ1n) is 5.41. The number of hydrogen-bond acceptors (Lipinski definition) is 5. The number of aromatic nitrogens is 3. The van der Waals surface area contributed by atoms with Gasteiger partial charge in [0.1, 0.15) is 0 Å². The lowest BCUT2D eigenvalue weighted by Crippen LogP contribution is -2.20. The van der Waals surface area contributed by atoms with Gasteiger partial charge in [-0.05, 0) is 17.7 Å². The molecule has 2 aromatic rings. The Morgan fingerprint density at radius 2 is 2.18 bits per heavy atom. The number of pyridine rings is 1. The summed E-state index contributed by atoms with van der Waals surface area (Å²) in [7, 11) is 1.95. The van der Waals surface area contributed by atoms with Crippen molar-refractivity contribution in [3.8, 4) is 0 Å². The van der Waals surface area contributed by atoms with Gasteiger partial charge in [0.2, 0.25) is 5.95 Å². The maximum absolute atomic E-state index is 5.55. The Balaban J connectivity index is 2.11. The number of nitrogens with zero attached hydrogens (tertiary/aromatic N) is 4.